The molecule has 2 aromatic rings. The highest BCUT2D eigenvalue weighted by Crippen LogP contribution is 2.29. The SMILES string of the molecule is Cc1c([C@@H](O)CN(Cc2ncc(Br)cn2)C(=O)O)ccc2c1COC2=O. The number of halogens is 1. The number of carbonyl (C=O) groups is 2. The lowest BCUT2D eigenvalue weighted by Gasteiger charge is -2.23. The number of hydrogen-bond acceptors (Lipinski definition) is 6. The number of ether oxygens (including phenoxy) is 1. The summed E-state index contributed by atoms with van der Waals surface area (Å²) in [6.45, 7) is 1.74. The van der Waals surface area contributed by atoms with Crippen LogP contribution in [0.4, 0.5) is 4.79 Å². The highest BCUT2D eigenvalue weighted by Gasteiger charge is 2.27. The van der Waals surface area contributed by atoms with Crippen LogP contribution >= 0.6 is 15.9 Å². The number of nitrogens with zero attached hydrogens (tertiary/aromatic N) is 3. The normalized spacial score (nSPS) is 13.9. The van der Waals surface area contributed by atoms with E-state index in [4.69, 9.17) is 4.74 Å². The topological polar surface area (TPSA) is 113 Å². The van der Waals surface area contributed by atoms with E-state index in [9.17, 15) is 19.8 Å². The van der Waals surface area contributed by atoms with Gasteiger partial charge in [-0.05, 0) is 40.0 Å². The molecule has 0 fully saturated rings. The molecule has 1 amide bonds. The monoisotopic (exact) mass is 421 g/mol. The smallest absolute Gasteiger partial charge is 0.407 e. The van der Waals surface area contributed by atoms with Gasteiger partial charge in [0.05, 0.1) is 29.2 Å². The minimum atomic E-state index is -1.19. The van der Waals surface area contributed by atoms with Crippen molar-refractivity contribution in [3.8, 4) is 0 Å². The number of cyclic esters (lactones) is 1. The van der Waals surface area contributed by atoms with E-state index in [1.54, 1.807) is 19.1 Å². The maximum Gasteiger partial charge on any atom is 0.407 e. The molecule has 1 aromatic carbocycles. The van der Waals surface area contributed by atoms with Crippen LogP contribution in [0.1, 0.15) is 39.0 Å². The average Bonchev–Trinajstić information content (AvgIpc) is 2.98. The standard InChI is InChI=1S/C17H16BrN3O5/c1-9-11(2-3-12-13(9)8-26-16(12)23)14(22)6-21(17(24)25)7-15-19-4-10(18)5-20-15/h2-5,14,22H,6-8H2,1H3,(H,24,25)/t14-/m0/s1. The zero-order chi connectivity index (χ0) is 18.8. The van der Waals surface area contributed by atoms with Gasteiger partial charge in [0.2, 0.25) is 0 Å². The van der Waals surface area contributed by atoms with E-state index in [-0.39, 0.29) is 25.7 Å². The molecule has 26 heavy (non-hydrogen) atoms. The van der Waals surface area contributed by atoms with Gasteiger partial charge >= 0.3 is 12.1 Å². The van der Waals surface area contributed by atoms with Gasteiger partial charge in [-0.15, -0.1) is 0 Å². The predicted molar refractivity (Wildman–Crippen MR) is 93.4 cm³/mol. The summed E-state index contributed by atoms with van der Waals surface area (Å²) in [7, 11) is 0. The summed E-state index contributed by atoms with van der Waals surface area (Å²) in [6.07, 6.45) is 0.816. The first-order valence-corrected chi connectivity index (χ1v) is 8.58. The highest BCUT2D eigenvalue weighted by atomic mass is 79.9. The second-order valence-electron chi connectivity index (χ2n) is 5.88. The molecule has 0 aliphatic carbocycles. The second-order valence-corrected chi connectivity index (χ2v) is 6.79. The Morgan fingerprint density at radius 2 is 2.08 bits per heavy atom. The summed E-state index contributed by atoms with van der Waals surface area (Å²) in [5.74, 6) is -0.0591. The van der Waals surface area contributed by atoms with Crippen LogP contribution in [0.25, 0.3) is 0 Å². The van der Waals surface area contributed by atoms with Gasteiger partial charge < -0.3 is 14.9 Å². The molecule has 8 nitrogen and oxygen atoms in total. The molecule has 1 aliphatic rings. The van der Waals surface area contributed by atoms with Gasteiger partial charge in [0.15, 0.2) is 0 Å². The fourth-order valence-corrected chi connectivity index (χ4v) is 3.04. The molecular formula is C17H16BrN3O5. The lowest BCUT2D eigenvalue weighted by Crippen LogP contribution is -2.34. The molecule has 1 atom stereocenters. The summed E-state index contributed by atoms with van der Waals surface area (Å²) in [5.41, 5.74) is 2.50. The maximum atomic E-state index is 11.6. The molecule has 0 unspecified atom stereocenters. The molecule has 2 heterocycles. The zero-order valence-electron chi connectivity index (χ0n) is 13.8. The van der Waals surface area contributed by atoms with Gasteiger partial charge in [0.25, 0.3) is 0 Å². The molecule has 1 aliphatic heterocycles. The Morgan fingerprint density at radius 1 is 1.38 bits per heavy atom. The van der Waals surface area contributed by atoms with Crippen molar-refractivity contribution in [3.05, 3.63) is 57.1 Å². The third-order valence-electron chi connectivity index (χ3n) is 4.24. The van der Waals surface area contributed by atoms with Crippen LogP contribution in [-0.4, -0.2) is 43.7 Å². The minimum Gasteiger partial charge on any atom is -0.465 e. The molecule has 0 spiro atoms. The first-order chi connectivity index (χ1) is 12.4. The number of carboxylic acid groups (broad SMARTS) is 1. The third-order valence-corrected chi connectivity index (χ3v) is 4.65. The lowest BCUT2D eigenvalue weighted by atomic mass is 9.95. The summed E-state index contributed by atoms with van der Waals surface area (Å²) >= 11 is 3.22. The largest absolute Gasteiger partial charge is 0.465 e. The number of esters is 1. The number of benzene rings is 1. The van der Waals surface area contributed by atoms with Crippen molar-refractivity contribution >= 4 is 28.0 Å². The van der Waals surface area contributed by atoms with Gasteiger partial charge in [-0.2, -0.15) is 0 Å². The van der Waals surface area contributed by atoms with E-state index >= 15 is 0 Å². The van der Waals surface area contributed by atoms with Crippen LogP contribution in [0.2, 0.25) is 0 Å². The van der Waals surface area contributed by atoms with Gasteiger partial charge in [-0.25, -0.2) is 19.6 Å². The van der Waals surface area contributed by atoms with Crippen molar-refractivity contribution in [3.63, 3.8) is 0 Å². The van der Waals surface area contributed by atoms with Crippen molar-refractivity contribution in [2.45, 2.75) is 26.2 Å². The lowest BCUT2D eigenvalue weighted by molar-refractivity contribution is 0.0534. The quantitative estimate of drug-likeness (QED) is 0.712. The summed E-state index contributed by atoms with van der Waals surface area (Å²) in [4.78, 5) is 32.3. The van der Waals surface area contributed by atoms with Crippen molar-refractivity contribution in [2.75, 3.05) is 6.54 Å². The zero-order valence-corrected chi connectivity index (χ0v) is 15.4. The number of aliphatic hydroxyl groups is 1. The van der Waals surface area contributed by atoms with E-state index < -0.39 is 12.2 Å². The van der Waals surface area contributed by atoms with Crippen LogP contribution in [0.3, 0.4) is 0 Å². The van der Waals surface area contributed by atoms with Crippen molar-refractivity contribution in [2.24, 2.45) is 0 Å². The Kier molecular flexibility index (Phi) is 5.19. The van der Waals surface area contributed by atoms with E-state index in [1.807, 2.05) is 0 Å². The van der Waals surface area contributed by atoms with Crippen LogP contribution in [0, 0.1) is 6.92 Å². The number of aromatic nitrogens is 2. The first kappa shape index (κ1) is 18.3. The Balaban J connectivity index is 1.78. The van der Waals surface area contributed by atoms with Gasteiger partial charge in [0, 0.05) is 18.0 Å². The molecular weight excluding hydrogens is 406 g/mol. The molecule has 9 heteroatoms. The first-order valence-electron chi connectivity index (χ1n) is 7.78. The number of aliphatic hydroxyl groups excluding tert-OH is 1. The maximum absolute atomic E-state index is 11.6. The Bertz CT molecular complexity index is 856. The van der Waals surface area contributed by atoms with Crippen LogP contribution in [-0.2, 0) is 17.9 Å². The Labute approximate surface area is 157 Å². The minimum absolute atomic E-state index is 0.0503. The summed E-state index contributed by atoms with van der Waals surface area (Å²) < 4.78 is 5.69. The molecule has 0 radical (unpaired) electrons. The number of fused-ring (bicyclic) bond motifs is 1. The van der Waals surface area contributed by atoms with Crippen LogP contribution in [0.5, 0.6) is 0 Å². The summed E-state index contributed by atoms with van der Waals surface area (Å²) in [6, 6.07) is 3.22. The van der Waals surface area contributed by atoms with E-state index in [1.165, 1.54) is 12.4 Å². The third kappa shape index (κ3) is 3.68. The molecule has 3 rings (SSSR count). The molecule has 0 saturated carbocycles. The van der Waals surface area contributed by atoms with Gasteiger partial charge in [-0.3, -0.25) is 4.90 Å². The Hall–Kier alpha value is -2.52. The van der Waals surface area contributed by atoms with Crippen LogP contribution in [0.15, 0.2) is 29.0 Å². The molecule has 1 aromatic heterocycles. The highest BCUT2D eigenvalue weighted by molar-refractivity contribution is 9.10. The average molecular weight is 422 g/mol. The number of hydrogen-bond donors (Lipinski definition) is 2. The summed E-state index contributed by atoms with van der Waals surface area (Å²) in [5, 5.41) is 20.0. The molecule has 0 bridgehead atoms. The number of carbonyl (C=O) groups excluding carboxylic acids is 1. The number of rotatable bonds is 5. The van der Waals surface area contributed by atoms with Crippen molar-refractivity contribution < 1.29 is 24.5 Å². The fourth-order valence-electron chi connectivity index (χ4n) is 2.84. The second kappa shape index (κ2) is 7.38. The van der Waals surface area contributed by atoms with Crippen LogP contribution < -0.4 is 0 Å². The fraction of sp³-hybridized carbons (Fsp3) is 0.294. The number of amides is 1. The van der Waals surface area contributed by atoms with Crippen molar-refractivity contribution in [1.82, 2.24) is 14.9 Å². The Morgan fingerprint density at radius 3 is 2.73 bits per heavy atom. The molecule has 2 N–H and O–H groups in total. The molecule has 136 valence electrons. The van der Waals surface area contributed by atoms with E-state index in [2.05, 4.69) is 25.9 Å². The molecule has 0 saturated heterocycles. The van der Waals surface area contributed by atoms with Crippen molar-refractivity contribution in [1.29, 1.82) is 0 Å². The van der Waals surface area contributed by atoms with Gasteiger partial charge in [0.1, 0.15) is 12.4 Å². The predicted octanol–water partition coefficient (Wildman–Crippen LogP) is 2.43. The van der Waals surface area contributed by atoms with E-state index in [0.717, 1.165) is 16.0 Å². The van der Waals surface area contributed by atoms with Gasteiger partial charge in [-0.1, -0.05) is 6.07 Å². The van der Waals surface area contributed by atoms with E-state index in [0.29, 0.717) is 21.4 Å².